The molecule has 0 unspecified atom stereocenters. The van der Waals surface area contributed by atoms with Crippen LogP contribution in [0.15, 0.2) is 24.3 Å². The van der Waals surface area contributed by atoms with Gasteiger partial charge in [0.25, 0.3) is 5.91 Å². The molecule has 9 heteroatoms. The number of benzene rings is 1. The second kappa shape index (κ2) is 12.5. The third-order valence-corrected chi connectivity index (χ3v) is 11.1. The lowest BCUT2D eigenvalue weighted by molar-refractivity contribution is -0.142. The van der Waals surface area contributed by atoms with Gasteiger partial charge in [0.05, 0.1) is 18.3 Å². The normalized spacial score (nSPS) is 28.7. The second-order valence-electron chi connectivity index (χ2n) is 13.1. The van der Waals surface area contributed by atoms with Crippen LogP contribution in [0.3, 0.4) is 0 Å². The molecule has 0 radical (unpaired) electrons. The molecule has 1 saturated heterocycles. The van der Waals surface area contributed by atoms with Gasteiger partial charge in [0.2, 0.25) is 5.91 Å². The van der Waals surface area contributed by atoms with E-state index in [1.165, 1.54) is 10.4 Å². The molecule has 0 bridgehead atoms. The lowest BCUT2D eigenvalue weighted by atomic mass is 9.53. The Hall–Kier alpha value is -2.77. The molecule has 5 rings (SSSR count). The first-order valence-corrected chi connectivity index (χ1v) is 16.0. The Morgan fingerprint density at radius 3 is 2.62 bits per heavy atom. The Morgan fingerprint density at radius 1 is 1.26 bits per heavy atom. The zero-order valence-electron chi connectivity index (χ0n) is 25.6. The number of hydrogen-bond acceptors (Lipinski definition) is 7. The molecule has 3 aliphatic rings. The molecular formula is C33H45N5O3S. The fourth-order valence-corrected chi connectivity index (χ4v) is 8.80. The molecule has 6 atom stereocenters. The highest BCUT2D eigenvalue weighted by atomic mass is 32.1. The summed E-state index contributed by atoms with van der Waals surface area (Å²) in [7, 11) is 3.88. The fourth-order valence-electron chi connectivity index (χ4n) is 7.54. The number of fused-ring (bicyclic) bond motifs is 2. The van der Waals surface area contributed by atoms with Gasteiger partial charge in [-0.2, -0.15) is 0 Å². The molecule has 2 heterocycles. The highest BCUT2D eigenvalue weighted by molar-refractivity contribution is 7.15. The maximum absolute atomic E-state index is 13.1. The Kier molecular flexibility index (Phi) is 9.10. The SMILES string of the molecule is C#CCN(C)C(=O)[C@@H](C)[C@H]1CC[C@@]2(C)Cc3sc(NC(=O)c4ccc(CN5CCN(C)CC5)cc4)nc3[C@@H](C)[C@@H]2[C@H]1O. The van der Waals surface area contributed by atoms with E-state index < -0.39 is 6.10 Å². The molecule has 2 aromatic rings. The Morgan fingerprint density at radius 2 is 1.95 bits per heavy atom. The Balaban J connectivity index is 1.25. The van der Waals surface area contributed by atoms with Crippen molar-refractivity contribution in [1.82, 2.24) is 19.7 Å². The number of hydrogen-bond donors (Lipinski definition) is 2. The molecule has 1 aromatic heterocycles. The summed E-state index contributed by atoms with van der Waals surface area (Å²) in [5.74, 6) is 1.91. The van der Waals surface area contributed by atoms with Gasteiger partial charge >= 0.3 is 0 Å². The van der Waals surface area contributed by atoms with Crippen LogP contribution in [0.1, 0.15) is 66.0 Å². The van der Waals surface area contributed by atoms with Gasteiger partial charge in [0.1, 0.15) is 0 Å². The molecule has 226 valence electrons. The lowest BCUT2D eigenvalue weighted by Gasteiger charge is -2.53. The fraction of sp³-hybridized carbons (Fsp3) is 0.606. The molecule has 2 fully saturated rings. The number of carbonyl (C=O) groups is 2. The number of likely N-dealkylation sites (N-methyl/N-ethyl adjacent to an activating group) is 1. The molecule has 2 aliphatic carbocycles. The van der Waals surface area contributed by atoms with Gasteiger partial charge in [0, 0.05) is 62.0 Å². The van der Waals surface area contributed by atoms with E-state index in [1.807, 2.05) is 31.2 Å². The summed E-state index contributed by atoms with van der Waals surface area (Å²) in [6.45, 7) is 11.8. The summed E-state index contributed by atoms with van der Waals surface area (Å²) < 4.78 is 0. The maximum Gasteiger partial charge on any atom is 0.257 e. The van der Waals surface area contributed by atoms with Gasteiger partial charge in [-0.05, 0) is 61.3 Å². The average molecular weight is 592 g/mol. The summed E-state index contributed by atoms with van der Waals surface area (Å²) >= 11 is 1.55. The summed E-state index contributed by atoms with van der Waals surface area (Å²) in [5.41, 5.74) is 2.69. The van der Waals surface area contributed by atoms with Gasteiger partial charge in [0.15, 0.2) is 5.13 Å². The molecule has 0 spiro atoms. The maximum atomic E-state index is 13.1. The minimum absolute atomic E-state index is 0.0121. The number of carbonyl (C=O) groups excluding carboxylic acids is 2. The van der Waals surface area contributed by atoms with E-state index >= 15 is 0 Å². The van der Waals surface area contributed by atoms with E-state index in [2.05, 4.69) is 41.9 Å². The number of aromatic nitrogens is 1. The van der Waals surface area contributed by atoms with Crippen LogP contribution >= 0.6 is 11.3 Å². The van der Waals surface area contributed by atoms with Crippen molar-refractivity contribution in [1.29, 1.82) is 0 Å². The number of piperazine rings is 1. The van der Waals surface area contributed by atoms with Crippen LogP contribution in [0.2, 0.25) is 0 Å². The van der Waals surface area contributed by atoms with Crippen LogP contribution < -0.4 is 5.32 Å². The summed E-state index contributed by atoms with van der Waals surface area (Å²) in [6.07, 6.45) is 7.34. The van der Waals surface area contributed by atoms with E-state index in [-0.39, 0.29) is 47.4 Å². The topological polar surface area (TPSA) is 89.0 Å². The third-order valence-electron chi connectivity index (χ3n) is 10.1. The van der Waals surface area contributed by atoms with Crippen molar-refractivity contribution < 1.29 is 14.7 Å². The van der Waals surface area contributed by atoms with Crippen molar-refractivity contribution in [3.63, 3.8) is 0 Å². The highest BCUT2D eigenvalue weighted by Crippen LogP contribution is 2.57. The molecule has 2 amide bonds. The van der Waals surface area contributed by atoms with Crippen molar-refractivity contribution in [3.05, 3.63) is 46.0 Å². The van der Waals surface area contributed by atoms with Crippen LogP contribution in [0, 0.1) is 35.5 Å². The summed E-state index contributed by atoms with van der Waals surface area (Å²) in [6, 6.07) is 7.88. The van der Waals surface area contributed by atoms with E-state index in [9.17, 15) is 14.7 Å². The number of nitrogens with one attached hydrogen (secondary N) is 1. The predicted octanol–water partition coefficient (Wildman–Crippen LogP) is 3.92. The minimum atomic E-state index is -0.616. The van der Waals surface area contributed by atoms with Crippen molar-refractivity contribution in [2.45, 2.75) is 58.6 Å². The van der Waals surface area contributed by atoms with Crippen molar-refractivity contribution >= 4 is 28.3 Å². The minimum Gasteiger partial charge on any atom is -0.392 e. The van der Waals surface area contributed by atoms with E-state index in [4.69, 9.17) is 11.4 Å². The number of nitrogens with zero attached hydrogens (tertiary/aromatic N) is 4. The number of rotatable bonds is 7. The number of terminal acetylenes is 1. The number of anilines is 1. The van der Waals surface area contributed by atoms with Gasteiger partial charge in [-0.3, -0.25) is 19.8 Å². The van der Waals surface area contributed by atoms with Crippen molar-refractivity contribution in [2.24, 2.45) is 23.2 Å². The number of amides is 2. The molecule has 1 aromatic carbocycles. The first-order chi connectivity index (χ1) is 20.0. The Bertz CT molecular complexity index is 1330. The van der Waals surface area contributed by atoms with Crippen LogP contribution in [-0.4, -0.2) is 89.5 Å². The van der Waals surface area contributed by atoms with Crippen LogP contribution in [0.5, 0.6) is 0 Å². The summed E-state index contributed by atoms with van der Waals surface area (Å²) in [4.78, 5) is 38.6. The van der Waals surface area contributed by atoms with Gasteiger partial charge in [-0.15, -0.1) is 17.8 Å². The van der Waals surface area contributed by atoms with E-state index in [0.29, 0.717) is 10.7 Å². The first-order valence-electron chi connectivity index (χ1n) is 15.2. The monoisotopic (exact) mass is 591 g/mol. The molecule has 42 heavy (non-hydrogen) atoms. The smallest absolute Gasteiger partial charge is 0.257 e. The second-order valence-corrected chi connectivity index (χ2v) is 14.2. The highest BCUT2D eigenvalue weighted by Gasteiger charge is 2.54. The van der Waals surface area contributed by atoms with Crippen molar-refractivity contribution in [2.75, 3.05) is 52.1 Å². The number of aliphatic hydroxyl groups excluding tert-OH is 1. The Labute approximate surface area is 254 Å². The molecule has 2 N–H and O–H groups in total. The molecule has 1 saturated carbocycles. The van der Waals surface area contributed by atoms with Gasteiger partial charge < -0.3 is 14.9 Å². The first kappa shape index (κ1) is 30.7. The number of aliphatic hydroxyl groups is 1. The van der Waals surface area contributed by atoms with Crippen LogP contribution in [0.25, 0.3) is 0 Å². The van der Waals surface area contributed by atoms with Crippen molar-refractivity contribution in [3.8, 4) is 12.3 Å². The largest absolute Gasteiger partial charge is 0.392 e. The zero-order chi connectivity index (χ0) is 30.2. The lowest BCUT2D eigenvalue weighted by Crippen LogP contribution is -2.53. The zero-order valence-corrected chi connectivity index (χ0v) is 26.4. The van der Waals surface area contributed by atoms with Gasteiger partial charge in [-0.25, -0.2) is 4.98 Å². The standard InChI is InChI=1S/C33H45N5O3S/c1-7-14-37(6)31(41)21(2)25-12-13-33(4)19-26-28(22(3)27(33)29(25)39)34-32(42-26)35-30(40)24-10-8-23(9-11-24)20-38-17-15-36(5)16-18-38/h1,8-11,21-22,25,27,29,39H,12-20H2,2-6H3,(H,34,35,40)/t21-,22-,25+,27+,29-,33-/m0/s1. The van der Waals surface area contributed by atoms with E-state index in [0.717, 1.165) is 57.7 Å². The van der Waals surface area contributed by atoms with Crippen LogP contribution in [-0.2, 0) is 17.8 Å². The van der Waals surface area contributed by atoms with E-state index in [1.54, 1.807) is 23.3 Å². The quantitative estimate of drug-likeness (QED) is 0.475. The molecular weight excluding hydrogens is 546 g/mol. The number of thiazole rings is 1. The third kappa shape index (κ3) is 6.14. The molecule has 1 aliphatic heterocycles. The van der Waals surface area contributed by atoms with Gasteiger partial charge in [-0.1, -0.05) is 38.8 Å². The summed E-state index contributed by atoms with van der Waals surface area (Å²) in [5, 5.41) is 15.3. The molecule has 8 nitrogen and oxygen atoms in total. The van der Waals surface area contributed by atoms with Crippen LogP contribution in [0.4, 0.5) is 5.13 Å². The average Bonchev–Trinajstić information content (AvgIpc) is 3.35. The predicted molar refractivity (Wildman–Crippen MR) is 167 cm³/mol.